The summed E-state index contributed by atoms with van der Waals surface area (Å²) in [5.74, 6) is 0.830. The van der Waals surface area contributed by atoms with Crippen molar-refractivity contribution in [3.8, 4) is 5.75 Å². The van der Waals surface area contributed by atoms with Crippen molar-refractivity contribution in [2.75, 3.05) is 19.8 Å². The van der Waals surface area contributed by atoms with Gasteiger partial charge in [-0.1, -0.05) is 12.1 Å². The van der Waals surface area contributed by atoms with Crippen LogP contribution < -0.4 is 4.74 Å². The molecule has 1 aliphatic heterocycles. The SMILES string of the molecule is CCOc1ccc(C(O)CCC2OCCO2)cc1. The summed E-state index contributed by atoms with van der Waals surface area (Å²) in [4.78, 5) is 0. The molecule has 100 valence electrons. The summed E-state index contributed by atoms with van der Waals surface area (Å²) in [7, 11) is 0. The van der Waals surface area contributed by atoms with Gasteiger partial charge in [-0.2, -0.15) is 0 Å². The number of hydrogen-bond acceptors (Lipinski definition) is 4. The first-order chi connectivity index (χ1) is 8.79. The predicted octanol–water partition coefficient (Wildman–Crippen LogP) is 2.27. The smallest absolute Gasteiger partial charge is 0.157 e. The second-order valence-corrected chi connectivity index (χ2v) is 4.27. The van der Waals surface area contributed by atoms with E-state index in [1.54, 1.807) is 0 Å². The minimum absolute atomic E-state index is 0.151. The lowest BCUT2D eigenvalue weighted by atomic mass is 10.0. The van der Waals surface area contributed by atoms with Crippen molar-refractivity contribution in [3.63, 3.8) is 0 Å². The van der Waals surface area contributed by atoms with Gasteiger partial charge in [0, 0.05) is 6.42 Å². The van der Waals surface area contributed by atoms with Crippen LogP contribution in [-0.4, -0.2) is 31.2 Å². The van der Waals surface area contributed by atoms with Gasteiger partial charge in [-0.15, -0.1) is 0 Å². The molecule has 1 aromatic carbocycles. The molecular weight excluding hydrogens is 232 g/mol. The fraction of sp³-hybridized carbons (Fsp3) is 0.571. The second-order valence-electron chi connectivity index (χ2n) is 4.27. The van der Waals surface area contributed by atoms with E-state index < -0.39 is 6.10 Å². The van der Waals surface area contributed by atoms with E-state index in [0.717, 1.165) is 11.3 Å². The van der Waals surface area contributed by atoms with Crippen LogP contribution in [0.4, 0.5) is 0 Å². The number of aliphatic hydroxyl groups excluding tert-OH is 1. The van der Waals surface area contributed by atoms with E-state index in [2.05, 4.69) is 0 Å². The number of ether oxygens (including phenoxy) is 3. The normalized spacial score (nSPS) is 17.9. The van der Waals surface area contributed by atoms with Gasteiger partial charge in [-0.25, -0.2) is 0 Å². The molecular formula is C14H20O4. The molecule has 0 aromatic heterocycles. The van der Waals surface area contributed by atoms with Crippen molar-refractivity contribution >= 4 is 0 Å². The lowest BCUT2D eigenvalue weighted by molar-refractivity contribution is -0.0542. The highest BCUT2D eigenvalue weighted by atomic mass is 16.7. The molecule has 1 aromatic rings. The van der Waals surface area contributed by atoms with Crippen LogP contribution >= 0.6 is 0 Å². The van der Waals surface area contributed by atoms with Gasteiger partial charge in [0.05, 0.1) is 25.9 Å². The lowest BCUT2D eigenvalue weighted by Crippen LogP contribution is -2.09. The van der Waals surface area contributed by atoms with Gasteiger partial charge in [-0.05, 0) is 31.0 Å². The fourth-order valence-electron chi connectivity index (χ4n) is 1.99. The molecule has 1 atom stereocenters. The third-order valence-electron chi connectivity index (χ3n) is 2.94. The molecule has 1 saturated heterocycles. The van der Waals surface area contributed by atoms with Crippen molar-refractivity contribution in [1.29, 1.82) is 0 Å². The van der Waals surface area contributed by atoms with Crippen LogP contribution in [0.2, 0.25) is 0 Å². The largest absolute Gasteiger partial charge is 0.494 e. The van der Waals surface area contributed by atoms with Crippen LogP contribution in [0.25, 0.3) is 0 Å². The van der Waals surface area contributed by atoms with Gasteiger partial charge in [0.25, 0.3) is 0 Å². The zero-order valence-electron chi connectivity index (χ0n) is 10.7. The Morgan fingerprint density at radius 3 is 2.56 bits per heavy atom. The van der Waals surface area contributed by atoms with Crippen molar-refractivity contribution in [1.82, 2.24) is 0 Å². The Balaban J connectivity index is 1.81. The van der Waals surface area contributed by atoms with Gasteiger partial charge in [0.15, 0.2) is 6.29 Å². The Kier molecular flexibility index (Phi) is 4.99. The minimum Gasteiger partial charge on any atom is -0.494 e. The molecule has 0 aliphatic carbocycles. The van der Waals surface area contributed by atoms with Crippen molar-refractivity contribution in [2.24, 2.45) is 0 Å². The average molecular weight is 252 g/mol. The van der Waals surface area contributed by atoms with Crippen LogP contribution in [0, 0.1) is 0 Å². The number of aliphatic hydroxyl groups is 1. The topological polar surface area (TPSA) is 47.9 Å². The Labute approximate surface area is 107 Å². The Morgan fingerprint density at radius 1 is 1.28 bits per heavy atom. The number of benzene rings is 1. The molecule has 0 spiro atoms. The van der Waals surface area contributed by atoms with Crippen LogP contribution in [-0.2, 0) is 9.47 Å². The van der Waals surface area contributed by atoms with E-state index in [1.807, 2.05) is 31.2 Å². The summed E-state index contributed by atoms with van der Waals surface area (Å²) >= 11 is 0. The standard InChI is InChI=1S/C14H20O4/c1-2-16-12-5-3-11(4-6-12)13(15)7-8-14-17-9-10-18-14/h3-6,13-15H,2,7-10H2,1H3. The van der Waals surface area contributed by atoms with E-state index in [1.165, 1.54) is 0 Å². The van der Waals surface area contributed by atoms with Crippen molar-refractivity contribution in [2.45, 2.75) is 32.2 Å². The first-order valence-electron chi connectivity index (χ1n) is 6.43. The van der Waals surface area contributed by atoms with Gasteiger partial charge in [0.2, 0.25) is 0 Å². The lowest BCUT2D eigenvalue weighted by Gasteiger charge is -2.14. The quantitative estimate of drug-likeness (QED) is 0.843. The summed E-state index contributed by atoms with van der Waals surface area (Å²) in [6.07, 6.45) is 0.725. The molecule has 2 rings (SSSR count). The molecule has 4 heteroatoms. The summed E-state index contributed by atoms with van der Waals surface area (Å²) in [6, 6.07) is 7.55. The molecule has 0 amide bonds. The summed E-state index contributed by atoms with van der Waals surface area (Å²) in [5.41, 5.74) is 0.899. The number of hydrogen-bond donors (Lipinski definition) is 1. The maximum atomic E-state index is 10.0. The van der Waals surface area contributed by atoms with E-state index in [0.29, 0.717) is 32.7 Å². The Morgan fingerprint density at radius 2 is 1.94 bits per heavy atom. The van der Waals surface area contributed by atoms with Crippen LogP contribution in [0.1, 0.15) is 31.4 Å². The summed E-state index contributed by atoms with van der Waals surface area (Å²) in [5, 5.41) is 10.0. The Bertz CT molecular complexity index is 343. The molecule has 0 saturated carbocycles. The van der Waals surface area contributed by atoms with Gasteiger partial charge in [0.1, 0.15) is 5.75 Å². The highest BCUT2D eigenvalue weighted by Crippen LogP contribution is 2.23. The molecule has 1 fully saturated rings. The van der Waals surface area contributed by atoms with Gasteiger partial charge in [-0.3, -0.25) is 0 Å². The first kappa shape index (κ1) is 13.3. The molecule has 1 aliphatic rings. The molecule has 1 heterocycles. The molecule has 18 heavy (non-hydrogen) atoms. The zero-order valence-corrected chi connectivity index (χ0v) is 10.7. The summed E-state index contributed by atoms with van der Waals surface area (Å²) < 4.78 is 16.0. The highest BCUT2D eigenvalue weighted by molar-refractivity contribution is 5.28. The first-order valence-corrected chi connectivity index (χ1v) is 6.43. The number of rotatable bonds is 6. The fourth-order valence-corrected chi connectivity index (χ4v) is 1.99. The van der Waals surface area contributed by atoms with Crippen LogP contribution in [0.3, 0.4) is 0 Å². The van der Waals surface area contributed by atoms with Crippen LogP contribution in [0.15, 0.2) is 24.3 Å². The molecule has 4 nitrogen and oxygen atoms in total. The van der Waals surface area contributed by atoms with Crippen molar-refractivity contribution < 1.29 is 19.3 Å². The molecule has 1 unspecified atom stereocenters. The molecule has 0 radical (unpaired) electrons. The second kappa shape index (κ2) is 6.73. The van der Waals surface area contributed by atoms with E-state index in [-0.39, 0.29) is 6.29 Å². The Hall–Kier alpha value is -1.10. The van der Waals surface area contributed by atoms with E-state index >= 15 is 0 Å². The minimum atomic E-state index is -0.478. The van der Waals surface area contributed by atoms with E-state index in [9.17, 15) is 5.11 Å². The van der Waals surface area contributed by atoms with Crippen LogP contribution in [0.5, 0.6) is 5.75 Å². The van der Waals surface area contributed by atoms with E-state index in [4.69, 9.17) is 14.2 Å². The molecule has 0 bridgehead atoms. The third-order valence-corrected chi connectivity index (χ3v) is 2.94. The third kappa shape index (κ3) is 3.70. The predicted molar refractivity (Wildman–Crippen MR) is 67.5 cm³/mol. The summed E-state index contributed by atoms with van der Waals surface area (Å²) in [6.45, 7) is 3.91. The zero-order chi connectivity index (χ0) is 12.8. The molecule has 1 N–H and O–H groups in total. The van der Waals surface area contributed by atoms with Gasteiger partial charge >= 0.3 is 0 Å². The maximum Gasteiger partial charge on any atom is 0.157 e. The highest BCUT2D eigenvalue weighted by Gasteiger charge is 2.18. The van der Waals surface area contributed by atoms with Crippen molar-refractivity contribution in [3.05, 3.63) is 29.8 Å². The maximum absolute atomic E-state index is 10.0. The monoisotopic (exact) mass is 252 g/mol. The average Bonchev–Trinajstić information content (AvgIpc) is 2.90. The van der Waals surface area contributed by atoms with Gasteiger partial charge < -0.3 is 19.3 Å².